The van der Waals surface area contributed by atoms with Crippen molar-refractivity contribution in [3.05, 3.63) is 63.9 Å². The molecule has 2 aromatic rings. The first-order valence-electron chi connectivity index (χ1n) is 6.05. The van der Waals surface area contributed by atoms with Crippen LogP contribution in [0.3, 0.4) is 0 Å². The number of aromatic nitrogens is 1. The van der Waals surface area contributed by atoms with E-state index in [0.29, 0.717) is 6.04 Å². The zero-order valence-electron chi connectivity index (χ0n) is 10.7. The molecule has 0 amide bonds. The number of benzene rings is 1. The maximum atomic E-state index is 4.03. The van der Waals surface area contributed by atoms with E-state index in [1.807, 2.05) is 24.5 Å². The molecule has 0 saturated heterocycles. The minimum Gasteiger partial charge on any atom is -0.306 e. The molecule has 1 aromatic carbocycles. The number of nitrogens with one attached hydrogen (secondary N) is 1. The van der Waals surface area contributed by atoms with Crippen LogP contribution < -0.4 is 5.32 Å². The van der Waals surface area contributed by atoms with Gasteiger partial charge in [-0.15, -0.1) is 0 Å². The largest absolute Gasteiger partial charge is 0.306 e. The molecule has 0 bridgehead atoms. The number of nitrogens with zero attached hydrogens (tertiary/aromatic N) is 1. The summed E-state index contributed by atoms with van der Waals surface area (Å²) in [6.07, 6.45) is 3.66. The Bertz CT molecular complexity index is 511. The highest BCUT2D eigenvalue weighted by Gasteiger charge is 2.04. The van der Waals surface area contributed by atoms with Gasteiger partial charge in [0.1, 0.15) is 0 Å². The molecule has 1 aromatic heterocycles. The third-order valence-electron chi connectivity index (χ3n) is 3.05. The van der Waals surface area contributed by atoms with Gasteiger partial charge in [0, 0.05) is 29.5 Å². The highest BCUT2D eigenvalue weighted by Crippen LogP contribution is 2.18. The molecule has 0 radical (unpaired) electrons. The van der Waals surface area contributed by atoms with Gasteiger partial charge in [-0.25, -0.2) is 0 Å². The molecule has 94 valence electrons. The quantitative estimate of drug-likeness (QED) is 0.923. The predicted octanol–water partition coefficient (Wildman–Crippen LogP) is 4.00. The molecule has 0 aliphatic carbocycles. The second-order valence-corrected chi connectivity index (χ2v) is 5.32. The van der Waals surface area contributed by atoms with Crippen molar-refractivity contribution < 1.29 is 0 Å². The average Bonchev–Trinajstić information content (AvgIpc) is 2.41. The topological polar surface area (TPSA) is 24.9 Å². The Morgan fingerprint density at radius 1 is 1.22 bits per heavy atom. The molecule has 0 aliphatic rings. The van der Waals surface area contributed by atoms with Crippen LogP contribution in [0, 0.1) is 6.92 Å². The van der Waals surface area contributed by atoms with Gasteiger partial charge in [-0.1, -0.05) is 28.1 Å². The lowest BCUT2D eigenvalue weighted by Gasteiger charge is -2.14. The van der Waals surface area contributed by atoms with Crippen LogP contribution in [0.1, 0.15) is 29.7 Å². The molecule has 1 unspecified atom stereocenters. The number of hydrogen-bond acceptors (Lipinski definition) is 2. The summed E-state index contributed by atoms with van der Waals surface area (Å²) in [6, 6.07) is 10.9. The van der Waals surface area contributed by atoms with E-state index in [4.69, 9.17) is 0 Å². The third-order valence-corrected chi connectivity index (χ3v) is 3.91. The summed E-state index contributed by atoms with van der Waals surface area (Å²) in [5, 5.41) is 3.51. The monoisotopic (exact) mass is 304 g/mol. The number of pyridine rings is 1. The number of hydrogen-bond donors (Lipinski definition) is 1. The third kappa shape index (κ3) is 3.40. The van der Waals surface area contributed by atoms with Crippen molar-refractivity contribution in [2.75, 3.05) is 0 Å². The van der Waals surface area contributed by atoms with Crippen molar-refractivity contribution in [2.45, 2.75) is 26.4 Å². The lowest BCUT2D eigenvalue weighted by molar-refractivity contribution is 0.574. The summed E-state index contributed by atoms with van der Waals surface area (Å²) in [7, 11) is 0. The Balaban J connectivity index is 1.97. The second kappa shape index (κ2) is 6.12. The van der Waals surface area contributed by atoms with Gasteiger partial charge in [0.05, 0.1) is 0 Å². The summed E-state index contributed by atoms with van der Waals surface area (Å²) in [5.41, 5.74) is 3.81. The second-order valence-electron chi connectivity index (χ2n) is 4.47. The van der Waals surface area contributed by atoms with Crippen LogP contribution in [-0.4, -0.2) is 4.98 Å². The van der Waals surface area contributed by atoms with E-state index in [1.54, 1.807) is 0 Å². The maximum Gasteiger partial charge on any atom is 0.0296 e. The minimum absolute atomic E-state index is 0.327. The first-order chi connectivity index (χ1) is 8.66. The Labute approximate surface area is 117 Å². The molecule has 2 rings (SSSR count). The molecular formula is C15H17BrN2. The van der Waals surface area contributed by atoms with E-state index in [1.165, 1.54) is 21.2 Å². The summed E-state index contributed by atoms with van der Waals surface area (Å²) in [5.74, 6) is 0. The lowest BCUT2D eigenvalue weighted by Crippen LogP contribution is -2.18. The molecule has 0 saturated carbocycles. The van der Waals surface area contributed by atoms with Crippen molar-refractivity contribution in [1.82, 2.24) is 10.3 Å². The maximum absolute atomic E-state index is 4.03. The van der Waals surface area contributed by atoms with Crippen LogP contribution in [0.15, 0.2) is 47.2 Å². The van der Waals surface area contributed by atoms with Gasteiger partial charge >= 0.3 is 0 Å². The van der Waals surface area contributed by atoms with Gasteiger partial charge in [0.25, 0.3) is 0 Å². The molecule has 0 spiro atoms. The molecule has 1 heterocycles. The van der Waals surface area contributed by atoms with E-state index < -0.39 is 0 Å². The minimum atomic E-state index is 0.327. The van der Waals surface area contributed by atoms with Crippen molar-refractivity contribution in [3.63, 3.8) is 0 Å². The van der Waals surface area contributed by atoms with E-state index in [-0.39, 0.29) is 0 Å². The first-order valence-corrected chi connectivity index (χ1v) is 6.84. The fourth-order valence-electron chi connectivity index (χ4n) is 1.79. The van der Waals surface area contributed by atoms with Gasteiger partial charge in [-0.3, -0.25) is 4.98 Å². The van der Waals surface area contributed by atoms with Crippen molar-refractivity contribution in [3.8, 4) is 0 Å². The van der Waals surface area contributed by atoms with Gasteiger partial charge in [0.2, 0.25) is 0 Å². The van der Waals surface area contributed by atoms with Crippen LogP contribution >= 0.6 is 15.9 Å². The number of aryl methyl sites for hydroxylation is 1. The van der Waals surface area contributed by atoms with Gasteiger partial charge in [-0.05, 0) is 48.7 Å². The number of halogens is 1. The Kier molecular flexibility index (Phi) is 4.50. The summed E-state index contributed by atoms with van der Waals surface area (Å²) in [6.45, 7) is 5.13. The smallest absolute Gasteiger partial charge is 0.0296 e. The van der Waals surface area contributed by atoms with E-state index in [2.05, 4.69) is 58.3 Å². The van der Waals surface area contributed by atoms with Gasteiger partial charge in [-0.2, -0.15) is 0 Å². The predicted molar refractivity (Wildman–Crippen MR) is 78.4 cm³/mol. The van der Waals surface area contributed by atoms with E-state index >= 15 is 0 Å². The molecular weight excluding hydrogens is 288 g/mol. The van der Waals surface area contributed by atoms with Crippen LogP contribution in [0.25, 0.3) is 0 Å². The van der Waals surface area contributed by atoms with Gasteiger partial charge in [0.15, 0.2) is 0 Å². The summed E-state index contributed by atoms with van der Waals surface area (Å²) in [4.78, 5) is 4.03. The molecule has 1 N–H and O–H groups in total. The zero-order valence-corrected chi connectivity index (χ0v) is 12.2. The van der Waals surface area contributed by atoms with E-state index in [0.717, 1.165) is 6.54 Å². The first kappa shape index (κ1) is 13.2. The zero-order chi connectivity index (χ0) is 13.0. The molecule has 3 heteroatoms. The van der Waals surface area contributed by atoms with E-state index in [9.17, 15) is 0 Å². The van der Waals surface area contributed by atoms with Crippen LogP contribution in [-0.2, 0) is 6.54 Å². The molecule has 1 atom stereocenters. The summed E-state index contributed by atoms with van der Waals surface area (Å²) >= 11 is 3.56. The van der Waals surface area contributed by atoms with Crippen LogP contribution in [0.2, 0.25) is 0 Å². The van der Waals surface area contributed by atoms with Crippen molar-refractivity contribution >= 4 is 15.9 Å². The molecule has 18 heavy (non-hydrogen) atoms. The number of rotatable bonds is 4. The highest BCUT2D eigenvalue weighted by atomic mass is 79.9. The Morgan fingerprint density at radius 3 is 2.61 bits per heavy atom. The molecule has 0 aliphatic heterocycles. The standard InChI is InChI=1S/C15H17BrN2/c1-11-3-4-13(9-15(11)16)10-18-12(2)14-5-7-17-8-6-14/h3-9,12,18H,10H2,1-2H3. The van der Waals surface area contributed by atoms with Gasteiger partial charge < -0.3 is 5.32 Å². The molecule has 0 fully saturated rings. The van der Waals surface area contributed by atoms with Crippen molar-refractivity contribution in [1.29, 1.82) is 0 Å². The summed E-state index contributed by atoms with van der Waals surface area (Å²) < 4.78 is 1.17. The average molecular weight is 305 g/mol. The fraction of sp³-hybridized carbons (Fsp3) is 0.267. The van der Waals surface area contributed by atoms with Crippen LogP contribution in [0.5, 0.6) is 0 Å². The Hall–Kier alpha value is -1.19. The highest BCUT2D eigenvalue weighted by molar-refractivity contribution is 9.10. The SMILES string of the molecule is Cc1ccc(CNC(C)c2ccncc2)cc1Br. The fourth-order valence-corrected chi connectivity index (χ4v) is 2.21. The normalized spacial score (nSPS) is 12.4. The molecule has 2 nitrogen and oxygen atoms in total. The Morgan fingerprint density at radius 2 is 1.94 bits per heavy atom. The lowest BCUT2D eigenvalue weighted by atomic mass is 10.1. The van der Waals surface area contributed by atoms with Crippen LogP contribution in [0.4, 0.5) is 0 Å². The van der Waals surface area contributed by atoms with Crippen molar-refractivity contribution in [2.24, 2.45) is 0 Å².